The molecule has 0 aromatic carbocycles. The Hall–Kier alpha value is -0.860. The van der Waals surface area contributed by atoms with Crippen LogP contribution in [0.2, 0.25) is 0 Å². The van der Waals surface area contributed by atoms with E-state index in [0.29, 0.717) is 5.92 Å². The molecule has 1 saturated carbocycles. The number of hydrogen-bond acceptors (Lipinski definition) is 2. The number of hydrogen-bond donors (Lipinski definition) is 1. The van der Waals surface area contributed by atoms with Crippen molar-refractivity contribution in [2.45, 2.75) is 44.4 Å². The van der Waals surface area contributed by atoms with E-state index < -0.39 is 0 Å². The molecular weight excluding hydrogens is 150 g/mol. The third-order valence-electron chi connectivity index (χ3n) is 2.71. The van der Waals surface area contributed by atoms with Crippen LogP contribution in [0.25, 0.3) is 0 Å². The molecular formula is C9H15N3. The summed E-state index contributed by atoms with van der Waals surface area (Å²) in [6.45, 7) is 0. The number of nitrogens with one attached hydrogen (secondary N) is 1. The van der Waals surface area contributed by atoms with Crippen LogP contribution in [0.1, 0.15) is 50.1 Å². The Kier molecular flexibility index (Phi) is 2.39. The fraction of sp³-hybridized carbons (Fsp3) is 0.778. The minimum Gasteiger partial charge on any atom is -0.198 e. The van der Waals surface area contributed by atoms with Crippen molar-refractivity contribution in [1.29, 1.82) is 0 Å². The predicted molar refractivity (Wildman–Crippen MR) is 46.8 cm³/mol. The molecule has 3 heteroatoms. The van der Waals surface area contributed by atoms with E-state index in [1.54, 1.807) is 0 Å². The van der Waals surface area contributed by atoms with Crippen LogP contribution in [0.3, 0.4) is 0 Å². The molecule has 1 aromatic heterocycles. The lowest BCUT2D eigenvalue weighted by molar-refractivity contribution is 0.576. The first kappa shape index (κ1) is 7.77. The quantitative estimate of drug-likeness (QED) is 0.648. The van der Waals surface area contributed by atoms with Gasteiger partial charge in [0.15, 0.2) is 0 Å². The Bertz CT molecular complexity index is 210. The third kappa shape index (κ3) is 1.65. The Labute approximate surface area is 72.6 Å². The summed E-state index contributed by atoms with van der Waals surface area (Å²) in [5.41, 5.74) is 1.16. The average molecular weight is 165 g/mol. The zero-order valence-corrected chi connectivity index (χ0v) is 7.29. The van der Waals surface area contributed by atoms with Gasteiger partial charge in [-0.05, 0) is 12.8 Å². The first-order valence-electron chi connectivity index (χ1n) is 4.82. The molecule has 3 nitrogen and oxygen atoms in total. The van der Waals surface area contributed by atoms with Gasteiger partial charge in [-0.3, -0.25) is 0 Å². The average Bonchev–Trinajstić information content (AvgIpc) is 2.48. The van der Waals surface area contributed by atoms with Gasteiger partial charge in [0.05, 0.1) is 11.9 Å². The van der Waals surface area contributed by atoms with Crippen molar-refractivity contribution < 1.29 is 0 Å². The summed E-state index contributed by atoms with van der Waals surface area (Å²) < 4.78 is 0. The van der Waals surface area contributed by atoms with Crippen molar-refractivity contribution in [3.8, 4) is 0 Å². The highest BCUT2D eigenvalue weighted by molar-refractivity contribution is 5.00. The molecule has 0 spiro atoms. The van der Waals surface area contributed by atoms with E-state index in [4.69, 9.17) is 0 Å². The lowest BCUT2D eigenvalue weighted by Gasteiger charge is -2.08. The molecule has 1 aliphatic carbocycles. The topological polar surface area (TPSA) is 41.6 Å². The zero-order valence-electron chi connectivity index (χ0n) is 7.29. The minimum atomic E-state index is 0.672. The second-order valence-electron chi connectivity index (χ2n) is 3.58. The number of H-pyrrole nitrogens is 1. The maximum absolute atomic E-state index is 4.15. The van der Waals surface area contributed by atoms with Crippen LogP contribution in [0.4, 0.5) is 0 Å². The molecule has 1 fully saturated rings. The number of nitrogens with zero attached hydrogens (tertiary/aromatic N) is 2. The van der Waals surface area contributed by atoms with Crippen molar-refractivity contribution in [2.75, 3.05) is 0 Å². The highest BCUT2D eigenvalue weighted by Crippen LogP contribution is 2.29. The van der Waals surface area contributed by atoms with E-state index in [1.165, 1.54) is 38.5 Å². The summed E-state index contributed by atoms with van der Waals surface area (Å²) in [6, 6.07) is 0. The summed E-state index contributed by atoms with van der Waals surface area (Å²) in [5, 5.41) is 10.7. The van der Waals surface area contributed by atoms with Gasteiger partial charge in [0.2, 0.25) is 0 Å². The highest BCUT2D eigenvalue weighted by atomic mass is 15.3. The van der Waals surface area contributed by atoms with Crippen LogP contribution in [-0.4, -0.2) is 15.4 Å². The first-order valence-corrected chi connectivity index (χ1v) is 4.82. The number of rotatable bonds is 1. The van der Waals surface area contributed by atoms with Gasteiger partial charge in [0, 0.05) is 5.92 Å². The molecule has 1 N–H and O–H groups in total. The van der Waals surface area contributed by atoms with Gasteiger partial charge >= 0.3 is 0 Å². The molecule has 0 saturated heterocycles. The van der Waals surface area contributed by atoms with Gasteiger partial charge in [-0.15, -0.1) is 0 Å². The Balaban J connectivity index is 2.02. The Morgan fingerprint density at radius 2 is 1.92 bits per heavy atom. The molecule has 1 aromatic rings. The highest BCUT2D eigenvalue weighted by Gasteiger charge is 2.15. The fourth-order valence-corrected chi connectivity index (χ4v) is 1.98. The van der Waals surface area contributed by atoms with E-state index in [2.05, 4.69) is 15.4 Å². The fourth-order valence-electron chi connectivity index (χ4n) is 1.98. The second kappa shape index (κ2) is 3.70. The van der Waals surface area contributed by atoms with E-state index in [9.17, 15) is 0 Å². The maximum Gasteiger partial charge on any atom is 0.0855 e. The van der Waals surface area contributed by atoms with E-state index in [1.807, 2.05) is 6.20 Å². The van der Waals surface area contributed by atoms with Crippen LogP contribution in [0.5, 0.6) is 0 Å². The second-order valence-corrected chi connectivity index (χ2v) is 3.58. The molecule has 0 bridgehead atoms. The summed E-state index contributed by atoms with van der Waals surface area (Å²) >= 11 is 0. The van der Waals surface area contributed by atoms with Gasteiger partial charge < -0.3 is 0 Å². The molecule has 0 aliphatic heterocycles. The third-order valence-corrected chi connectivity index (χ3v) is 2.71. The summed E-state index contributed by atoms with van der Waals surface area (Å²) in [5.74, 6) is 0.672. The molecule has 0 amide bonds. The van der Waals surface area contributed by atoms with Gasteiger partial charge in [-0.2, -0.15) is 15.4 Å². The Morgan fingerprint density at radius 1 is 1.17 bits per heavy atom. The lowest BCUT2D eigenvalue weighted by Crippen LogP contribution is -1.97. The van der Waals surface area contributed by atoms with E-state index in [0.717, 1.165) is 5.69 Å². The minimum absolute atomic E-state index is 0.672. The number of aromatic amines is 1. The van der Waals surface area contributed by atoms with Crippen LogP contribution in [-0.2, 0) is 0 Å². The van der Waals surface area contributed by atoms with Crippen LogP contribution in [0.15, 0.2) is 6.20 Å². The molecule has 0 radical (unpaired) electrons. The van der Waals surface area contributed by atoms with Crippen LogP contribution >= 0.6 is 0 Å². The molecule has 1 heterocycles. The smallest absolute Gasteiger partial charge is 0.0855 e. The number of aromatic nitrogens is 3. The molecule has 0 atom stereocenters. The van der Waals surface area contributed by atoms with Crippen molar-refractivity contribution in [3.05, 3.63) is 11.9 Å². The Morgan fingerprint density at radius 3 is 2.50 bits per heavy atom. The molecule has 66 valence electrons. The monoisotopic (exact) mass is 165 g/mol. The summed E-state index contributed by atoms with van der Waals surface area (Å²) in [6.07, 6.45) is 9.98. The van der Waals surface area contributed by atoms with Gasteiger partial charge in [0.25, 0.3) is 0 Å². The zero-order chi connectivity index (χ0) is 8.23. The van der Waals surface area contributed by atoms with Crippen molar-refractivity contribution in [2.24, 2.45) is 0 Å². The van der Waals surface area contributed by atoms with E-state index >= 15 is 0 Å². The lowest BCUT2D eigenvalue weighted by atomic mass is 9.97. The van der Waals surface area contributed by atoms with Crippen LogP contribution in [0, 0.1) is 0 Å². The first-order chi connectivity index (χ1) is 5.97. The van der Waals surface area contributed by atoms with Crippen molar-refractivity contribution in [3.63, 3.8) is 0 Å². The molecule has 0 unspecified atom stereocenters. The summed E-state index contributed by atoms with van der Waals surface area (Å²) in [7, 11) is 0. The molecule has 2 rings (SSSR count). The molecule has 1 aliphatic rings. The van der Waals surface area contributed by atoms with Gasteiger partial charge in [0.1, 0.15) is 0 Å². The van der Waals surface area contributed by atoms with Crippen molar-refractivity contribution in [1.82, 2.24) is 15.4 Å². The predicted octanol–water partition coefficient (Wildman–Crippen LogP) is 2.24. The van der Waals surface area contributed by atoms with Gasteiger partial charge in [-0.1, -0.05) is 25.7 Å². The van der Waals surface area contributed by atoms with Crippen molar-refractivity contribution >= 4 is 0 Å². The standard InChI is InChI=1S/C9H15N3/c1-2-4-6-8(5-3-1)9-7-10-12-11-9/h7-8H,1-6H2,(H,10,11,12). The van der Waals surface area contributed by atoms with Gasteiger partial charge in [-0.25, -0.2) is 0 Å². The van der Waals surface area contributed by atoms with Crippen LogP contribution < -0.4 is 0 Å². The maximum atomic E-state index is 4.15. The molecule has 12 heavy (non-hydrogen) atoms. The largest absolute Gasteiger partial charge is 0.198 e. The van der Waals surface area contributed by atoms with E-state index in [-0.39, 0.29) is 0 Å². The summed E-state index contributed by atoms with van der Waals surface area (Å²) in [4.78, 5) is 0. The SMILES string of the molecule is c1n[nH]nc1C1CCCCCC1. The normalized spacial score (nSPS) is 20.7.